The van der Waals surface area contributed by atoms with Gasteiger partial charge in [-0.05, 0) is 36.9 Å². The summed E-state index contributed by atoms with van der Waals surface area (Å²) in [6, 6.07) is 6.22. The number of nitrogens with one attached hydrogen (secondary N) is 2. The first-order valence-corrected chi connectivity index (χ1v) is 9.09. The minimum Gasteiger partial charge on any atom is -0.465 e. The number of aromatic amines is 1. The Balaban J connectivity index is 1.96. The molecule has 0 aliphatic carbocycles. The number of aryl methyl sites for hydroxylation is 1. The molecule has 0 atom stereocenters. The van der Waals surface area contributed by atoms with Crippen molar-refractivity contribution in [3.05, 3.63) is 57.5 Å². The number of hydrogen-bond donors (Lipinski definition) is 2. The molecule has 0 fully saturated rings. The van der Waals surface area contributed by atoms with Crippen LogP contribution in [0.1, 0.15) is 26.3 Å². The molecule has 0 unspecified atom stereocenters. The molecule has 1 aromatic carbocycles. The number of pyridine rings is 1. The van der Waals surface area contributed by atoms with Crippen molar-refractivity contribution in [3.8, 4) is 0 Å². The van der Waals surface area contributed by atoms with Crippen LogP contribution in [0.2, 0.25) is 0 Å². The first-order chi connectivity index (χ1) is 12.9. The number of rotatable bonds is 4. The Hall–Kier alpha value is -3.20. The Kier molecular flexibility index (Phi) is 5.22. The van der Waals surface area contributed by atoms with E-state index < -0.39 is 17.4 Å². The van der Waals surface area contributed by atoms with E-state index in [0.29, 0.717) is 27.4 Å². The van der Waals surface area contributed by atoms with Crippen LogP contribution in [0, 0.1) is 6.92 Å². The summed E-state index contributed by atoms with van der Waals surface area (Å²) in [4.78, 5) is 47.6. The second-order valence-corrected chi connectivity index (χ2v) is 6.42. The average molecular weight is 384 g/mol. The van der Waals surface area contributed by atoms with E-state index in [1.807, 2.05) is 6.26 Å². The highest BCUT2D eigenvalue weighted by Gasteiger charge is 2.15. The largest absolute Gasteiger partial charge is 0.465 e. The van der Waals surface area contributed by atoms with Crippen LogP contribution < -0.4 is 10.9 Å². The highest BCUT2D eigenvalue weighted by molar-refractivity contribution is 7.98. The Labute approximate surface area is 158 Å². The van der Waals surface area contributed by atoms with E-state index in [0.717, 1.165) is 5.56 Å². The Morgan fingerprint density at radius 1 is 1.26 bits per heavy atom. The number of methoxy groups -OCH3 is 1. The van der Waals surface area contributed by atoms with Crippen molar-refractivity contribution in [1.82, 2.24) is 15.0 Å². The zero-order valence-electron chi connectivity index (χ0n) is 14.8. The predicted molar refractivity (Wildman–Crippen MR) is 102 cm³/mol. The summed E-state index contributed by atoms with van der Waals surface area (Å²) in [6.07, 6.45) is 3.37. The Bertz CT molecular complexity index is 1110. The molecule has 0 aliphatic heterocycles. The van der Waals surface area contributed by atoms with Gasteiger partial charge in [0.15, 0.2) is 5.16 Å². The SMILES string of the molecule is COC(=O)c1ccc(C)c(NC(=O)c2cc3cnc(SC)nc3[nH]c2=O)c1. The number of nitrogens with zero attached hydrogens (tertiary/aromatic N) is 2. The maximum Gasteiger partial charge on any atom is 0.337 e. The van der Waals surface area contributed by atoms with Gasteiger partial charge in [0.05, 0.1) is 12.7 Å². The lowest BCUT2D eigenvalue weighted by Crippen LogP contribution is -2.23. The number of amides is 1. The molecule has 138 valence electrons. The van der Waals surface area contributed by atoms with Crippen molar-refractivity contribution in [2.24, 2.45) is 0 Å². The number of benzene rings is 1. The van der Waals surface area contributed by atoms with Crippen LogP contribution >= 0.6 is 11.8 Å². The van der Waals surface area contributed by atoms with Crippen LogP contribution in [0.25, 0.3) is 11.0 Å². The van der Waals surface area contributed by atoms with Crippen LogP contribution in [0.3, 0.4) is 0 Å². The summed E-state index contributed by atoms with van der Waals surface area (Å²) in [5.41, 5.74) is 1.17. The van der Waals surface area contributed by atoms with Gasteiger partial charge in [-0.2, -0.15) is 0 Å². The fourth-order valence-corrected chi connectivity index (χ4v) is 2.78. The summed E-state index contributed by atoms with van der Waals surface area (Å²) in [6.45, 7) is 1.78. The molecule has 3 aromatic rings. The van der Waals surface area contributed by atoms with Crippen molar-refractivity contribution in [2.45, 2.75) is 12.1 Å². The summed E-state index contributed by atoms with van der Waals surface area (Å²) in [5.74, 6) is -1.12. The van der Waals surface area contributed by atoms with E-state index in [1.165, 1.54) is 31.0 Å². The summed E-state index contributed by atoms with van der Waals surface area (Å²) in [5, 5.41) is 3.72. The molecule has 0 spiro atoms. The van der Waals surface area contributed by atoms with Gasteiger partial charge in [-0.1, -0.05) is 17.8 Å². The molecule has 0 bridgehead atoms. The van der Waals surface area contributed by atoms with Crippen LogP contribution in [-0.4, -0.2) is 40.2 Å². The van der Waals surface area contributed by atoms with Crippen molar-refractivity contribution in [3.63, 3.8) is 0 Å². The third-order valence-corrected chi connectivity index (χ3v) is 4.47. The van der Waals surface area contributed by atoms with Gasteiger partial charge in [0, 0.05) is 17.3 Å². The number of carbonyl (C=O) groups is 2. The van der Waals surface area contributed by atoms with Crippen molar-refractivity contribution < 1.29 is 14.3 Å². The number of carbonyl (C=O) groups excluding carboxylic acids is 2. The van der Waals surface area contributed by atoms with Gasteiger partial charge in [0.1, 0.15) is 11.2 Å². The van der Waals surface area contributed by atoms with Crippen LogP contribution in [0.5, 0.6) is 0 Å². The highest BCUT2D eigenvalue weighted by atomic mass is 32.2. The third kappa shape index (κ3) is 3.82. The second kappa shape index (κ2) is 7.58. The minimum atomic E-state index is -0.600. The Morgan fingerprint density at radius 2 is 2.04 bits per heavy atom. The van der Waals surface area contributed by atoms with Crippen LogP contribution in [-0.2, 0) is 4.74 Å². The predicted octanol–water partition coefficient (Wildman–Crippen LogP) is 2.39. The second-order valence-electron chi connectivity index (χ2n) is 5.65. The topological polar surface area (TPSA) is 114 Å². The highest BCUT2D eigenvalue weighted by Crippen LogP contribution is 2.19. The van der Waals surface area contributed by atoms with Crippen molar-refractivity contribution >= 4 is 40.4 Å². The number of H-pyrrole nitrogens is 1. The van der Waals surface area contributed by atoms with E-state index >= 15 is 0 Å². The lowest BCUT2D eigenvalue weighted by molar-refractivity contribution is 0.0600. The molecule has 9 heteroatoms. The van der Waals surface area contributed by atoms with E-state index in [9.17, 15) is 14.4 Å². The molecule has 0 saturated heterocycles. The number of anilines is 1. The maximum atomic E-state index is 12.6. The summed E-state index contributed by atoms with van der Waals surface area (Å²) >= 11 is 1.35. The minimum absolute atomic E-state index is 0.0779. The molecular weight excluding hydrogens is 368 g/mol. The van der Waals surface area contributed by atoms with Crippen LogP contribution in [0.4, 0.5) is 5.69 Å². The monoisotopic (exact) mass is 384 g/mol. The number of ether oxygens (including phenoxy) is 1. The van der Waals surface area contributed by atoms with Gasteiger partial charge < -0.3 is 15.0 Å². The molecule has 2 N–H and O–H groups in total. The first kappa shape index (κ1) is 18.6. The molecule has 2 heterocycles. The number of thioether (sulfide) groups is 1. The molecule has 8 nitrogen and oxygen atoms in total. The van der Waals surface area contributed by atoms with E-state index in [2.05, 4.69) is 25.0 Å². The molecule has 0 saturated carbocycles. The summed E-state index contributed by atoms with van der Waals surface area (Å²) in [7, 11) is 1.28. The molecular formula is C18H16N4O4S. The molecule has 2 aromatic heterocycles. The van der Waals surface area contributed by atoms with Gasteiger partial charge >= 0.3 is 5.97 Å². The average Bonchev–Trinajstić information content (AvgIpc) is 2.67. The van der Waals surface area contributed by atoms with Gasteiger partial charge in [-0.15, -0.1) is 0 Å². The molecule has 27 heavy (non-hydrogen) atoms. The zero-order valence-corrected chi connectivity index (χ0v) is 15.6. The van der Waals surface area contributed by atoms with Gasteiger partial charge in [0.25, 0.3) is 11.5 Å². The van der Waals surface area contributed by atoms with E-state index in [4.69, 9.17) is 0 Å². The quantitative estimate of drug-likeness (QED) is 0.403. The van der Waals surface area contributed by atoms with Gasteiger partial charge in [-0.25, -0.2) is 14.8 Å². The lowest BCUT2D eigenvalue weighted by atomic mass is 10.1. The standard InChI is InChI=1S/C18H16N4O4S/c1-9-4-5-10(17(25)26-2)7-13(9)20-15(23)12-6-11-8-19-18(27-3)22-14(11)21-16(12)24/h4-8H,1-3H3,(H,20,23)(H,19,21,22,24). The zero-order chi connectivity index (χ0) is 19.6. The van der Waals surface area contributed by atoms with Gasteiger partial charge in [-0.3, -0.25) is 9.59 Å². The molecule has 1 amide bonds. The molecule has 0 radical (unpaired) electrons. The number of hydrogen-bond acceptors (Lipinski definition) is 7. The number of esters is 1. The van der Waals surface area contributed by atoms with Crippen molar-refractivity contribution in [2.75, 3.05) is 18.7 Å². The third-order valence-electron chi connectivity index (χ3n) is 3.91. The normalized spacial score (nSPS) is 10.6. The number of fused-ring (bicyclic) bond motifs is 1. The number of aromatic nitrogens is 3. The van der Waals surface area contributed by atoms with Crippen LogP contribution in [0.15, 0.2) is 40.4 Å². The summed E-state index contributed by atoms with van der Waals surface area (Å²) < 4.78 is 4.68. The fourth-order valence-electron chi connectivity index (χ4n) is 2.43. The molecule has 3 rings (SSSR count). The smallest absolute Gasteiger partial charge is 0.337 e. The van der Waals surface area contributed by atoms with E-state index in [1.54, 1.807) is 25.3 Å². The van der Waals surface area contributed by atoms with E-state index in [-0.39, 0.29) is 5.56 Å². The lowest BCUT2D eigenvalue weighted by Gasteiger charge is -2.10. The fraction of sp³-hybridized carbons (Fsp3) is 0.167. The van der Waals surface area contributed by atoms with Gasteiger partial charge in [0.2, 0.25) is 0 Å². The Morgan fingerprint density at radius 3 is 2.74 bits per heavy atom. The van der Waals surface area contributed by atoms with Crippen molar-refractivity contribution in [1.29, 1.82) is 0 Å². The molecule has 0 aliphatic rings. The maximum absolute atomic E-state index is 12.6. The first-order valence-electron chi connectivity index (χ1n) is 7.87.